The fourth-order valence-corrected chi connectivity index (χ4v) is 24.6. The molecule has 10 aliphatic rings. The Hall–Kier alpha value is -2.19. The average molecular weight is 1280 g/mol. The second kappa shape index (κ2) is 27.6. The molecule has 4 unspecified atom stereocenters. The van der Waals surface area contributed by atoms with Crippen LogP contribution in [-0.4, -0.2) is 93.5 Å². The maximum atomic E-state index is 13.9. The van der Waals surface area contributed by atoms with E-state index in [1.54, 1.807) is 14.2 Å². The van der Waals surface area contributed by atoms with Gasteiger partial charge in [0.15, 0.2) is 0 Å². The lowest BCUT2D eigenvalue weighted by Gasteiger charge is -2.72. The Labute approximate surface area is 542 Å². The van der Waals surface area contributed by atoms with Crippen molar-refractivity contribution in [3.05, 3.63) is 0 Å². The summed E-state index contributed by atoms with van der Waals surface area (Å²) in [5.74, 6) is 4.60. The van der Waals surface area contributed by atoms with Crippen LogP contribution in [0.2, 0.25) is 0 Å². The molecule has 10 fully saturated rings. The molecule has 0 saturated heterocycles. The third-order valence-electron chi connectivity index (χ3n) is 29.1. The van der Waals surface area contributed by atoms with Crippen LogP contribution in [0, 0.1) is 125 Å². The maximum Gasteiger partial charge on any atom is 0.332 e. The van der Waals surface area contributed by atoms with Gasteiger partial charge in [-0.25, -0.2) is 4.79 Å². The van der Waals surface area contributed by atoms with Crippen molar-refractivity contribution >= 4 is 53.0 Å². The van der Waals surface area contributed by atoms with Crippen molar-refractivity contribution in [1.82, 2.24) is 0 Å². The molecule has 13 nitrogen and oxygen atoms in total. The lowest BCUT2D eigenvalue weighted by Crippen LogP contribution is -2.67. The van der Waals surface area contributed by atoms with Gasteiger partial charge < -0.3 is 38.3 Å². The number of alkyl halides is 2. The Morgan fingerprint density at radius 3 is 1.25 bits per heavy atom. The average Bonchev–Trinajstić information content (AvgIpc) is 1.02. The molecule has 0 spiro atoms. The summed E-state index contributed by atoms with van der Waals surface area (Å²) in [6.07, 6.45) is 21.0. The van der Waals surface area contributed by atoms with Gasteiger partial charge in [0, 0.05) is 40.1 Å². The molecule has 10 aliphatic carbocycles. The van der Waals surface area contributed by atoms with Crippen LogP contribution in [0.5, 0.6) is 0 Å². The van der Waals surface area contributed by atoms with Crippen molar-refractivity contribution in [1.29, 1.82) is 0 Å². The smallest absolute Gasteiger partial charge is 0.332 e. The number of esters is 5. The van der Waals surface area contributed by atoms with Crippen molar-refractivity contribution in [3.63, 3.8) is 0 Å². The Kier molecular flexibility index (Phi) is 23.0. The van der Waals surface area contributed by atoms with Crippen molar-refractivity contribution in [3.8, 4) is 0 Å². The summed E-state index contributed by atoms with van der Waals surface area (Å²) in [6.45, 7) is 39.1. The molecular weight excluding hydrogens is 1160 g/mol. The summed E-state index contributed by atoms with van der Waals surface area (Å²) in [5, 5.41) is 11.2. The third kappa shape index (κ3) is 12.3. The molecule has 0 amide bonds. The van der Waals surface area contributed by atoms with E-state index >= 15 is 0 Å². The number of carbonyl (C=O) groups excluding carboxylic acids is 5. The van der Waals surface area contributed by atoms with E-state index in [1.165, 1.54) is 52.4 Å². The van der Waals surface area contributed by atoms with Gasteiger partial charge in [0.2, 0.25) is 13.6 Å². The first kappa shape index (κ1) is 73.2. The summed E-state index contributed by atoms with van der Waals surface area (Å²) in [5.41, 5.74) is 0.115. The van der Waals surface area contributed by atoms with Gasteiger partial charge in [-0.1, -0.05) is 96.9 Å². The van der Waals surface area contributed by atoms with Crippen molar-refractivity contribution in [2.45, 2.75) is 258 Å². The van der Waals surface area contributed by atoms with Gasteiger partial charge in [-0.3, -0.25) is 19.2 Å². The molecule has 0 bridgehead atoms. The number of carbonyl (C=O) groups is 5. The summed E-state index contributed by atoms with van der Waals surface area (Å²) < 4.78 is 37.1. The minimum absolute atomic E-state index is 0.00623. The third-order valence-corrected chi connectivity index (χ3v) is 29.1. The Balaban J connectivity index is 0.000000228. The first-order valence-corrected chi connectivity index (χ1v) is 35.7. The molecule has 0 aromatic carbocycles. The van der Waals surface area contributed by atoms with Gasteiger partial charge in [-0.15, -0.1) is 23.2 Å². The lowest BCUT2D eigenvalue weighted by atomic mass is 9.32. The van der Waals surface area contributed by atoms with Crippen LogP contribution in [-0.2, 0) is 57.1 Å². The number of hydrogen-bond donors (Lipinski definition) is 1. The second-order valence-corrected chi connectivity index (χ2v) is 34.1. The minimum Gasteiger partial charge on any atom is -0.460 e. The van der Waals surface area contributed by atoms with E-state index in [4.69, 9.17) is 51.6 Å². The van der Waals surface area contributed by atoms with Crippen LogP contribution in [0.1, 0.15) is 246 Å². The number of aliphatic hydroxyl groups is 1. The normalized spacial score (nSPS) is 43.7. The number of methoxy groups -OCH3 is 2. The Bertz CT molecular complexity index is 2450. The highest BCUT2D eigenvalue weighted by Crippen LogP contribution is 2.80. The number of aliphatic hydroxyl groups excluding tert-OH is 1. The van der Waals surface area contributed by atoms with Crippen LogP contribution >= 0.6 is 23.2 Å². The number of ether oxygens (including phenoxy) is 7. The van der Waals surface area contributed by atoms with Crippen LogP contribution in [0.25, 0.3) is 0 Å². The zero-order chi connectivity index (χ0) is 65.6. The molecule has 0 radical (unpaired) electrons. The lowest BCUT2D eigenvalue weighted by molar-refractivity contribution is -0.253. The van der Waals surface area contributed by atoms with E-state index in [1.807, 2.05) is 6.92 Å². The molecule has 0 aromatic heterocycles. The van der Waals surface area contributed by atoms with Gasteiger partial charge in [-0.05, 0) is 244 Å². The standard InChI is InChI=1S/C36H58O7.C33H54O5.C3H8O.CH2Cl2/c1-22(2)24-12-17-36(31(39)42-21-41-23(3)37)19-18-34(7)25(30(24)36)10-11-27-33(6)15-14-28(43-29(38)20-40-9)32(4,5)26(33)13-16-35(27,34)8;1-20(2)22-11-16-33(28(36)38-19-37-21(3)34)18-17-31(7)23(27(22)33)9-10-25-30(6)14-13-26(35)29(4,5)24(30)12-15-32(25,31)8;1-3-4-2;2-1-3/h22,24-28,30H,10-21H2,1-9H3;20,22-27,35H,9-19H2,1-8H3;3H2,1-2H3;1H2/t24-,25+,26?,27+,28-,30?,33-,34+,35+,36-;22-,23+,24?,25+,26-,27?,30-,31+,32+,33-;;/m00../s1. The van der Waals surface area contributed by atoms with Crippen LogP contribution in [0.15, 0.2) is 0 Å². The fraction of sp³-hybridized carbons (Fsp3) is 0.932. The molecule has 506 valence electrons. The van der Waals surface area contributed by atoms with E-state index in [-0.39, 0.29) is 99.0 Å². The first-order valence-electron chi connectivity index (χ1n) is 34.6. The van der Waals surface area contributed by atoms with Crippen LogP contribution in [0.3, 0.4) is 0 Å². The molecule has 20 atom stereocenters. The summed E-state index contributed by atoms with van der Waals surface area (Å²) in [6, 6.07) is 0. The zero-order valence-electron chi connectivity index (χ0n) is 58.4. The van der Waals surface area contributed by atoms with Gasteiger partial charge in [0.25, 0.3) is 0 Å². The predicted octanol–water partition coefficient (Wildman–Crippen LogP) is 16.6. The predicted molar refractivity (Wildman–Crippen MR) is 345 cm³/mol. The molecule has 10 rings (SSSR count). The number of halogens is 2. The second-order valence-electron chi connectivity index (χ2n) is 33.3. The van der Waals surface area contributed by atoms with E-state index in [0.29, 0.717) is 71.0 Å². The van der Waals surface area contributed by atoms with Gasteiger partial charge >= 0.3 is 29.8 Å². The first-order chi connectivity index (χ1) is 41.1. The van der Waals surface area contributed by atoms with Gasteiger partial charge in [-0.2, -0.15) is 0 Å². The quantitative estimate of drug-likeness (QED) is 0.0848. The molecule has 1 N–H and O–H groups in total. The molecule has 10 saturated carbocycles. The maximum absolute atomic E-state index is 13.9. The van der Waals surface area contributed by atoms with E-state index in [0.717, 1.165) is 96.5 Å². The summed E-state index contributed by atoms with van der Waals surface area (Å²) in [7, 11) is 3.22. The van der Waals surface area contributed by atoms with E-state index < -0.39 is 22.8 Å². The summed E-state index contributed by atoms with van der Waals surface area (Å²) >= 11 is 9.53. The van der Waals surface area contributed by atoms with E-state index in [9.17, 15) is 29.1 Å². The van der Waals surface area contributed by atoms with Gasteiger partial charge in [0.05, 0.1) is 22.3 Å². The fourth-order valence-electron chi connectivity index (χ4n) is 24.6. The Morgan fingerprint density at radius 2 is 0.875 bits per heavy atom. The monoisotopic (exact) mass is 1280 g/mol. The largest absolute Gasteiger partial charge is 0.460 e. The minimum atomic E-state index is -0.476. The Morgan fingerprint density at radius 1 is 0.477 bits per heavy atom. The number of fused-ring (bicyclic) bond motifs is 14. The van der Waals surface area contributed by atoms with Crippen molar-refractivity contribution in [2.24, 2.45) is 125 Å². The highest BCUT2D eigenvalue weighted by atomic mass is 35.5. The zero-order valence-corrected chi connectivity index (χ0v) is 59.9. The topological polar surface area (TPSA) is 170 Å². The molecule has 88 heavy (non-hydrogen) atoms. The molecular formula is C73H122Cl2O13. The van der Waals surface area contributed by atoms with Crippen LogP contribution < -0.4 is 0 Å². The highest BCUT2D eigenvalue weighted by Gasteiger charge is 2.75. The SMILES string of the molecule is CC(=O)OCOC(=O)[C@]12CC[C@@H](C(C)C)C1[C@H]1CC[C@@H]3[C@@]4(C)CC[C@H](O)C(C)(C)C4CC[C@@]3(C)[C@]1(C)CC2.CCOC.COCC(=O)O[C@H]1CC[C@@]2(C)C(CC[C@]3(C)[C@@H]2CC[C@@H]2C4[C@H](C(C)C)CC[C@]4(C(=O)OCOC(C)=O)CC[C@]23C)C1(C)C.ClCCl. The highest BCUT2D eigenvalue weighted by molar-refractivity contribution is 6.40. The molecule has 0 heterocycles. The van der Waals surface area contributed by atoms with Crippen molar-refractivity contribution < 1.29 is 62.2 Å². The van der Waals surface area contributed by atoms with E-state index in [2.05, 4.69) is 102 Å². The van der Waals surface area contributed by atoms with Gasteiger partial charge in [0.1, 0.15) is 12.7 Å². The molecule has 15 heteroatoms. The van der Waals surface area contributed by atoms with Crippen molar-refractivity contribution in [2.75, 3.05) is 46.4 Å². The molecule has 0 aromatic rings. The number of rotatable bonds is 12. The summed E-state index contributed by atoms with van der Waals surface area (Å²) in [4.78, 5) is 62.8. The number of hydrogen-bond acceptors (Lipinski definition) is 13. The molecule has 0 aliphatic heterocycles. The van der Waals surface area contributed by atoms with Crippen LogP contribution in [0.4, 0.5) is 0 Å².